The highest BCUT2D eigenvalue weighted by atomic mass is 16.6. The van der Waals surface area contributed by atoms with Crippen molar-refractivity contribution in [3.63, 3.8) is 0 Å². The molecule has 2 N–H and O–H groups in total. The second-order valence-electron chi connectivity index (χ2n) is 11.0. The van der Waals surface area contributed by atoms with Gasteiger partial charge < -0.3 is 19.9 Å². The number of aliphatic hydroxyl groups excluding tert-OH is 1. The molecule has 1 unspecified atom stereocenters. The standard InChI is InChI=1S/C24H30N2O7/c1-11-6-7-16-22(2,3)19(28)15(27)10-24(16)23(11,4)9-13-14(26(30)31)8-12-17(18(13)33-24)21(32-5)25-20(12)29/h8,11,16,19,21,28H,6-7,9-10H2,1-5H3,(H,25,29)/t11-,16-,19?,21+,23+,24-/m0/s1. The van der Waals surface area contributed by atoms with Crippen LogP contribution in [0.25, 0.3) is 0 Å². The highest BCUT2D eigenvalue weighted by molar-refractivity contribution is 6.01. The van der Waals surface area contributed by atoms with Crippen LogP contribution in [0.4, 0.5) is 5.69 Å². The van der Waals surface area contributed by atoms with Crippen LogP contribution in [0.1, 0.15) is 74.7 Å². The predicted octanol–water partition coefficient (Wildman–Crippen LogP) is 3.07. The number of carbonyl (C=O) groups excluding carboxylic acids is 2. The summed E-state index contributed by atoms with van der Waals surface area (Å²) < 4.78 is 12.3. The lowest BCUT2D eigenvalue weighted by atomic mass is 9.43. The van der Waals surface area contributed by atoms with Gasteiger partial charge in [-0.15, -0.1) is 0 Å². The summed E-state index contributed by atoms with van der Waals surface area (Å²) in [5, 5.41) is 25.6. The number of ketones is 1. The molecule has 2 aliphatic heterocycles. The van der Waals surface area contributed by atoms with Gasteiger partial charge in [-0.2, -0.15) is 0 Å². The van der Waals surface area contributed by atoms with Gasteiger partial charge in [-0.3, -0.25) is 19.7 Å². The maximum absolute atomic E-state index is 13.1. The molecule has 0 saturated heterocycles. The fourth-order valence-electron chi connectivity index (χ4n) is 7.19. The van der Waals surface area contributed by atoms with Gasteiger partial charge in [0.05, 0.1) is 21.6 Å². The number of benzene rings is 1. The maximum atomic E-state index is 13.1. The molecule has 33 heavy (non-hydrogen) atoms. The third-order valence-corrected chi connectivity index (χ3v) is 9.28. The number of rotatable bonds is 2. The Morgan fingerprint density at radius 1 is 1.24 bits per heavy atom. The minimum absolute atomic E-state index is 0.0268. The number of nitro groups is 1. The minimum Gasteiger partial charge on any atom is -0.485 e. The Bertz CT molecular complexity index is 1100. The van der Waals surface area contributed by atoms with Gasteiger partial charge >= 0.3 is 0 Å². The Labute approximate surface area is 192 Å². The van der Waals surface area contributed by atoms with E-state index in [1.807, 2.05) is 13.8 Å². The maximum Gasteiger partial charge on any atom is 0.277 e. The van der Waals surface area contributed by atoms with E-state index < -0.39 is 39.6 Å². The van der Waals surface area contributed by atoms with Crippen molar-refractivity contribution in [1.82, 2.24) is 5.32 Å². The van der Waals surface area contributed by atoms with Gasteiger partial charge in [0.15, 0.2) is 12.0 Å². The van der Waals surface area contributed by atoms with Gasteiger partial charge in [-0.25, -0.2) is 0 Å². The highest BCUT2D eigenvalue weighted by Gasteiger charge is 2.70. The lowest BCUT2D eigenvalue weighted by Gasteiger charge is -2.66. The zero-order valence-corrected chi connectivity index (χ0v) is 19.6. The van der Waals surface area contributed by atoms with Crippen molar-refractivity contribution in [3.05, 3.63) is 32.9 Å². The van der Waals surface area contributed by atoms with E-state index in [0.717, 1.165) is 12.8 Å². The Hall–Kier alpha value is -2.52. The van der Waals surface area contributed by atoms with Crippen LogP contribution >= 0.6 is 0 Å². The average molecular weight is 459 g/mol. The van der Waals surface area contributed by atoms with E-state index in [1.165, 1.54) is 13.2 Å². The van der Waals surface area contributed by atoms with Gasteiger partial charge in [0.25, 0.3) is 11.6 Å². The quantitative estimate of drug-likeness (QED) is 0.515. The molecule has 2 aliphatic carbocycles. The van der Waals surface area contributed by atoms with Crippen LogP contribution < -0.4 is 10.1 Å². The first-order valence-corrected chi connectivity index (χ1v) is 11.5. The number of aliphatic hydroxyl groups is 1. The number of hydrogen-bond donors (Lipinski definition) is 2. The third-order valence-electron chi connectivity index (χ3n) is 9.28. The number of carbonyl (C=O) groups is 2. The van der Waals surface area contributed by atoms with Crippen LogP contribution in [0.3, 0.4) is 0 Å². The largest absolute Gasteiger partial charge is 0.485 e. The highest BCUT2D eigenvalue weighted by Crippen LogP contribution is 2.66. The topological polar surface area (TPSA) is 128 Å². The zero-order chi connectivity index (χ0) is 24.1. The van der Waals surface area contributed by atoms with Gasteiger partial charge in [0, 0.05) is 36.3 Å². The molecule has 2 heterocycles. The van der Waals surface area contributed by atoms with Crippen LogP contribution in [-0.4, -0.2) is 40.5 Å². The van der Waals surface area contributed by atoms with Crippen molar-refractivity contribution in [2.24, 2.45) is 22.7 Å². The number of Topliss-reactive ketones (excluding diaryl/α,β-unsaturated/α-hetero) is 1. The number of fused-ring (bicyclic) bond motifs is 3. The minimum atomic E-state index is -1.10. The molecule has 6 atom stereocenters. The second kappa shape index (κ2) is 6.76. The molecule has 1 aromatic rings. The molecule has 9 nitrogen and oxygen atoms in total. The summed E-state index contributed by atoms with van der Waals surface area (Å²) in [6, 6.07) is 1.32. The van der Waals surface area contributed by atoms with E-state index in [2.05, 4.69) is 19.2 Å². The molecule has 1 aromatic carbocycles. The van der Waals surface area contributed by atoms with Crippen LogP contribution in [0.2, 0.25) is 0 Å². The number of ether oxygens (including phenoxy) is 2. The molecule has 2 fully saturated rings. The van der Waals surface area contributed by atoms with Crippen molar-refractivity contribution in [2.75, 3.05) is 7.11 Å². The first kappa shape index (κ1) is 22.3. The Morgan fingerprint density at radius 2 is 1.94 bits per heavy atom. The van der Waals surface area contributed by atoms with Crippen LogP contribution in [0, 0.1) is 32.8 Å². The molecular formula is C24H30N2O7. The molecule has 4 aliphatic rings. The number of nitrogens with zero attached hydrogens (tertiary/aromatic N) is 1. The van der Waals surface area contributed by atoms with Crippen molar-refractivity contribution < 1.29 is 29.1 Å². The van der Waals surface area contributed by atoms with Crippen molar-refractivity contribution in [2.45, 2.75) is 71.3 Å². The molecule has 0 radical (unpaired) electrons. The second-order valence-corrected chi connectivity index (χ2v) is 11.0. The summed E-state index contributed by atoms with van der Waals surface area (Å²) in [6.45, 7) is 7.97. The van der Waals surface area contributed by atoms with E-state index in [1.54, 1.807) is 0 Å². The van der Waals surface area contributed by atoms with E-state index in [-0.39, 0.29) is 41.0 Å². The number of methoxy groups -OCH3 is 1. The summed E-state index contributed by atoms with van der Waals surface area (Å²) in [4.78, 5) is 37.3. The molecule has 1 spiro atoms. The smallest absolute Gasteiger partial charge is 0.277 e. The zero-order valence-electron chi connectivity index (χ0n) is 19.6. The van der Waals surface area contributed by atoms with Gasteiger partial charge in [-0.1, -0.05) is 27.7 Å². The van der Waals surface area contributed by atoms with Gasteiger partial charge in [0.2, 0.25) is 0 Å². The normalized spacial score (nSPS) is 38.4. The van der Waals surface area contributed by atoms with Crippen LogP contribution in [-0.2, 0) is 16.0 Å². The lowest BCUT2D eigenvalue weighted by molar-refractivity contribution is -0.386. The van der Waals surface area contributed by atoms with Gasteiger partial charge in [-0.05, 0) is 25.2 Å². The molecular weight excluding hydrogens is 428 g/mol. The fraction of sp³-hybridized carbons (Fsp3) is 0.667. The predicted molar refractivity (Wildman–Crippen MR) is 117 cm³/mol. The van der Waals surface area contributed by atoms with E-state index in [4.69, 9.17) is 9.47 Å². The fourth-order valence-corrected chi connectivity index (χ4v) is 7.19. The van der Waals surface area contributed by atoms with E-state index in [0.29, 0.717) is 17.5 Å². The Morgan fingerprint density at radius 3 is 2.58 bits per heavy atom. The third kappa shape index (κ3) is 2.60. The SMILES string of the molecule is CO[C@H]1NC(=O)c2cc([N+](=O)[O-])c3c(c21)O[C@@]12CC(=O)C(O)C(C)(C)[C@@H]1CC[C@H](C)[C@@]2(C)C3. The Kier molecular flexibility index (Phi) is 4.56. The van der Waals surface area contributed by atoms with Crippen molar-refractivity contribution in [3.8, 4) is 5.75 Å². The average Bonchev–Trinajstić information content (AvgIpc) is 3.07. The monoisotopic (exact) mass is 458 g/mol. The Balaban J connectivity index is 1.81. The van der Waals surface area contributed by atoms with E-state index in [9.17, 15) is 24.8 Å². The summed E-state index contributed by atoms with van der Waals surface area (Å²) in [6.07, 6.45) is 0.116. The van der Waals surface area contributed by atoms with Gasteiger partial charge in [0.1, 0.15) is 17.5 Å². The first-order valence-electron chi connectivity index (χ1n) is 11.5. The molecule has 178 valence electrons. The molecule has 0 bridgehead atoms. The number of nitro benzene ring substituents is 1. The van der Waals surface area contributed by atoms with Crippen LogP contribution in [0.5, 0.6) is 5.75 Å². The van der Waals surface area contributed by atoms with Crippen LogP contribution in [0.15, 0.2) is 6.07 Å². The van der Waals surface area contributed by atoms with Crippen molar-refractivity contribution in [1.29, 1.82) is 0 Å². The van der Waals surface area contributed by atoms with Crippen molar-refractivity contribution >= 4 is 17.4 Å². The number of amides is 1. The van der Waals surface area contributed by atoms with E-state index >= 15 is 0 Å². The summed E-state index contributed by atoms with van der Waals surface area (Å²) >= 11 is 0. The molecule has 1 amide bonds. The summed E-state index contributed by atoms with van der Waals surface area (Å²) in [5.74, 6) is -0.471. The number of hydrogen-bond acceptors (Lipinski definition) is 7. The number of nitrogens with one attached hydrogen (secondary N) is 1. The molecule has 5 rings (SSSR count). The summed E-state index contributed by atoms with van der Waals surface area (Å²) in [5.41, 5.74) is -1.36. The molecule has 9 heteroatoms. The summed E-state index contributed by atoms with van der Waals surface area (Å²) in [7, 11) is 1.45. The molecule has 0 aromatic heterocycles. The molecule has 2 saturated carbocycles. The lowest BCUT2D eigenvalue weighted by Crippen LogP contribution is -2.72. The first-order chi connectivity index (χ1) is 15.4.